The Morgan fingerprint density at radius 3 is 2.81 bits per heavy atom. The predicted molar refractivity (Wildman–Crippen MR) is 111 cm³/mol. The zero-order chi connectivity index (χ0) is 18.5. The van der Waals surface area contributed by atoms with E-state index in [0.29, 0.717) is 0 Å². The van der Waals surface area contributed by atoms with Gasteiger partial charge < -0.3 is 10.6 Å². The Labute approximate surface area is 160 Å². The van der Waals surface area contributed by atoms with Crippen LogP contribution in [0.4, 0.5) is 17.3 Å². The summed E-state index contributed by atoms with van der Waals surface area (Å²) in [5.41, 5.74) is 3.46. The molecule has 1 aliphatic rings. The summed E-state index contributed by atoms with van der Waals surface area (Å²) in [5.74, 6) is 2.38. The summed E-state index contributed by atoms with van der Waals surface area (Å²) >= 11 is 0. The molecule has 0 fully saturated rings. The molecule has 2 aromatic heterocycles. The van der Waals surface area contributed by atoms with Gasteiger partial charge in [-0.05, 0) is 51.2 Å². The van der Waals surface area contributed by atoms with Crippen LogP contribution in [0.2, 0.25) is 0 Å². The van der Waals surface area contributed by atoms with E-state index >= 15 is 0 Å². The Morgan fingerprint density at radius 1 is 1.04 bits per heavy atom. The van der Waals surface area contributed by atoms with E-state index in [1.807, 2.05) is 37.4 Å². The van der Waals surface area contributed by atoms with Gasteiger partial charge in [-0.2, -0.15) is 0 Å². The van der Waals surface area contributed by atoms with Gasteiger partial charge in [-0.1, -0.05) is 29.8 Å². The molecule has 0 saturated carbocycles. The highest BCUT2D eigenvalue weighted by Gasteiger charge is 2.07. The second-order valence-corrected chi connectivity index (χ2v) is 6.98. The first-order valence-corrected chi connectivity index (χ1v) is 9.66. The molecule has 138 valence electrons. The lowest BCUT2D eigenvalue weighted by molar-refractivity contribution is 0.679. The summed E-state index contributed by atoms with van der Waals surface area (Å²) in [6.07, 6.45) is 10.4. The molecule has 3 aromatic rings. The molecule has 0 bridgehead atoms. The highest BCUT2D eigenvalue weighted by Crippen LogP contribution is 2.25. The topological polar surface area (TPSA) is 62.7 Å². The largest absolute Gasteiger partial charge is 0.370 e. The van der Waals surface area contributed by atoms with Gasteiger partial charge in [0.15, 0.2) is 0 Å². The van der Waals surface area contributed by atoms with Crippen LogP contribution in [0.3, 0.4) is 0 Å². The van der Waals surface area contributed by atoms with Crippen LogP contribution in [0.15, 0.2) is 54.2 Å². The van der Waals surface area contributed by atoms with Gasteiger partial charge in [0, 0.05) is 24.2 Å². The number of nitrogens with one attached hydrogen (secondary N) is 2. The first-order valence-electron chi connectivity index (χ1n) is 9.66. The second kappa shape index (κ2) is 8.16. The Morgan fingerprint density at radius 2 is 1.93 bits per heavy atom. The minimum Gasteiger partial charge on any atom is -0.370 e. The third-order valence-corrected chi connectivity index (χ3v) is 4.87. The summed E-state index contributed by atoms with van der Waals surface area (Å²) in [6, 6.07) is 12.1. The number of hydrogen-bond acceptors (Lipinski definition) is 5. The van der Waals surface area contributed by atoms with Crippen LogP contribution in [-0.4, -0.2) is 21.5 Å². The fourth-order valence-corrected chi connectivity index (χ4v) is 3.55. The monoisotopic (exact) mass is 359 g/mol. The minimum atomic E-state index is 0.743. The number of para-hydroxylation sites is 1. The number of allylic oxidation sites excluding steroid dienone is 1. The van der Waals surface area contributed by atoms with Crippen molar-refractivity contribution >= 4 is 28.2 Å². The number of nitrogens with zero attached hydrogens (tertiary/aromatic N) is 3. The maximum absolute atomic E-state index is 4.53. The maximum Gasteiger partial charge on any atom is 0.136 e. The molecule has 0 amide bonds. The summed E-state index contributed by atoms with van der Waals surface area (Å²) in [7, 11) is 0. The molecule has 0 saturated heterocycles. The zero-order valence-electron chi connectivity index (χ0n) is 15.7. The van der Waals surface area contributed by atoms with E-state index in [1.54, 1.807) is 5.57 Å². The first kappa shape index (κ1) is 17.5. The average molecular weight is 359 g/mol. The van der Waals surface area contributed by atoms with Crippen molar-refractivity contribution < 1.29 is 0 Å². The number of aryl methyl sites for hydroxylation is 1. The standard InChI is InChI=1S/C22H25N5/c1-16-25-20(23-14-12-17-7-3-2-4-8-17)15-21(26-16)27-19-11-5-9-18-10-6-13-24-22(18)19/h5-7,9-11,13,15H,2-4,8,12,14H2,1H3,(H2,23,25,26,27). The number of hydrogen-bond donors (Lipinski definition) is 2. The van der Waals surface area contributed by atoms with Crippen LogP contribution >= 0.6 is 0 Å². The summed E-state index contributed by atoms with van der Waals surface area (Å²) in [4.78, 5) is 13.6. The molecule has 0 radical (unpaired) electrons. The molecule has 4 rings (SSSR count). The Hall–Kier alpha value is -2.95. The Bertz CT molecular complexity index is 959. The molecule has 5 nitrogen and oxygen atoms in total. The molecule has 1 aliphatic carbocycles. The first-order chi connectivity index (χ1) is 13.3. The number of fused-ring (bicyclic) bond motifs is 1. The highest BCUT2D eigenvalue weighted by molar-refractivity contribution is 5.91. The van der Waals surface area contributed by atoms with Gasteiger partial charge in [0.2, 0.25) is 0 Å². The molecule has 2 heterocycles. The Kier molecular flexibility index (Phi) is 5.28. The zero-order valence-corrected chi connectivity index (χ0v) is 15.7. The summed E-state index contributed by atoms with van der Waals surface area (Å²) in [5, 5.41) is 7.96. The molecule has 27 heavy (non-hydrogen) atoms. The number of benzene rings is 1. The van der Waals surface area contributed by atoms with Crippen LogP contribution in [0.25, 0.3) is 10.9 Å². The molecule has 5 heteroatoms. The number of pyridine rings is 1. The van der Waals surface area contributed by atoms with Gasteiger partial charge in [0.1, 0.15) is 17.5 Å². The van der Waals surface area contributed by atoms with Crippen LogP contribution < -0.4 is 10.6 Å². The van der Waals surface area contributed by atoms with Crippen LogP contribution in [-0.2, 0) is 0 Å². The minimum absolute atomic E-state index is 0.743. The second-order valence-electron chi connectivity index (χ2n) is 6.98. The smallest absolute Gasteiger partial charge is 0.136 e. The van der Waals surface area contributed by atoms with Gasteiger partial charge in [0.25, 0.3) is 0 Å². The van der Waals surface area contributed by atoms with Crippen LogP contribution in [0.5, 0.6) is 0 Å². The van der Waals surface area contributed by atoms with E-state index in [0.717, 1.165) is 47.0 Å². The van der Waals surface area contributed by atoms with Crippen molar-refractivity contribution in [2.45, 2.75) is 39.0 Å². The quantitative estimate of drug-likeness (QED) is 0.579. The Balaban J connectivity index is 1.47. The van der Waals surface area contributed by atoms with Crippen LogP contribution in [0, 0.1) is 6.92 Å². The van der Waals surface area contributed by atoms with Gasteiger partial charge in [0.05, 0.1) is 11.2 Å². The average Bonchev–Trinajstić information content (AvgIpc) is 2.69. The lowest BCUT2D eigenvalue weighted by atomic mass is 9.97. The third-order valence-electron chi connectivity index (χ3n) is 4.87. The molecule has 1 aromatic carbocycles. The van der Waals surface area contributed by atoms with Crippen molar-refractivity contribution in [3.8, 4) is 0 Å². The molecule has 0 atom stereocenters. The third kappa shape index (κ3) is 4.42. The van der Waals surface area contributed by atoms with Gasteiger partial charge in [-0.25, -0.2) is 9.97 Å². The van der Waals surface area contributed by atoms with Crippen molar-refractivity contribution in [3.63, 3.8) is 0 Å². The van der Waals surface area contributed by atoms with Crippen molar-refractivity contribution in [2.24, 2.45) is 0 Å². The van der Waals surface area contributed by atoms with Crippen molar-refractivity contribution in [3.05, 3.63) is 60.1 Å². The number of rotatable bonds is 6. The van der Waals surface area contributed by atoms with Gasteiger partial charge in [-0.15, -0.1) is 0 Å². The fraction of sp³-hybridized carbons (Fsp3) is 0.318. The van der Waals surface area contributed by atoms with E-state index in [9.17, 15) is 0 Å². The lowest BCUT2D eigenvalue weighted by Gasteiger charge is -2.14. The van der Waals surface area contributed by atoms with Crippen LogP contribution in [0.1, 0.15) is 37.9 Å². The molecular weight excluding hydrogens is 334 g/mol. The molecule has 0 aliphatic heterocycles. The van der Waals surface area contributed by atoms with E-state index in [1.165, 1.54) is 25.7 Å². The van der Waals surface area contributed by atoms with E-state index in [2.05, 4.69) is 43.8 Å². The molecule has 0 unspecified atom stereocenters. The van der Waals surface area contributed by atoms with Gasteiger partial charge in [-0.3, -0.25) is 4.98 Å². The number of aromatic nitrogens is 3. The normalized spacial score (nSPS) is 14.0. The highest BCUT2D eigenvalue weighted by atomic mass is 15.1. The maximum atomic E-state index is 4.53. The van der Waals surface area contributed by atoms with E-state index < -0.39 is 0 Å². The van der Waals surface area contributed by atoms with Crippen molar-refractivity contribution in [2.75, 3.05) is 17.2 Å². The summed E-state index contributed by atoms with van der Waals surface area (Å²) in [6.45, 7) is 2.82. The van der Waals surface area contributed by atoms with Crippen molar-refractivity contribution in [1.29, 1.82) is 0 Å². The fourth-order valence-electron chi connectivity index (χ4n) is 3.55. The predicted octanol–water partition coefficient (Wildman–Crippen LogP) is 5.38. The van der Waals surface area contributed by atoms with E-state index in [-0.39, 0.29) is 0 Å². The van der Waals surface area contributed by atoms with Crippen molar-refractivity contribution in [1.82, 2.24) is 15.0 Å². The lowest BCUT2D eigenvalue weighted by Crippen LogP contribution is -2.08. The SMILES string of the molecule is Cc1nc(NCCC2=CCCCC2)cc(Nc2cccc3cccnc23)n1. The number of anilines is 3. The molecule has 0 spiro atoms. The summed E-state index contributed by atoms with van der Waals surface area (Å²) < 4.78 is 0. The van der Waals surface area contributed by atoms with E-state index in [4.69, 9.17) is 0 Å². The molecular formula is C22H25N5. The van der Waals surface area contributed by atoms with Gasteiger partial charge >= 0.3 is 0 Å². The molecule has 2 N–H and O–H groups in total.